The van der Waals surface area contributed by atoms with E-state index in [-0.39, 0.29) is 12.2 Å². The van der Waals surface area contributed by atoms with Crippen molar-refractivity contribution < 1.29 is 14.6 Å². The molecule has 2 atom stereocenters. The van der Waals surface area contributed by atoms with Crippen molar-refractivity contribution in [1.29, 1.82) is 0 Å². The molecular formula is C10H17NO3. The van der Waals surface area contributed by atoms with Crippen LogP contribution in [-0.2, 0) is 4.74 Å². The van der Waals surface area contributed by atoms with Crippen molar-refractivity contribution in [2.75, 3.05) is 7.05 Å². The molecule has 2 unspecified atom stereocenters. The Morgan fingerprint density at radius 1 is 1.50 bits per heavy atom. The van der Waals surface area contributed by atoms with E-state index in [1.54, 1.807) is 0 Å². The zero-order valence-electron chi connectivity index (χ0n) is 8.40. The number of aliphatic hydroxyl groups is 1. The molecular weight excluding hydrogens is 182 g/mol. The second-order valence-electron chi connectivity index (χ2n) is 3.43. The summed E-state index contributed by atoms with van der Waals surface area (Å²) in [6.45, 7) is 0. The van der Waals surface area contributed by atoms with Gasteiger partial charge < -0.3 is 15.2 Å². The zero-order valence-corrected chi connectivity index (χ0v) is 8.40. The summed E-state index contributed by atoms with van der Waals surface area (Å²) < 4.78 is 5.08. The third-order valence-corrected chi connectivity index (χ3v) is 2.26. The Balaban J connectivity index is 2.42. The number of amides is 1. The summed E-state index contributed by atoms with van der Waals surface area (Å²) in [5.41, 5.74) is 0. The largest absolute Gasteiger partial charge is 0.442 e. The maximum atomic E-state index is 10.9. The standard InChI is InChI=1S/C10H17NO3/c1-11-10(13)14-9-5-3-2-4-8(12)6-7-9/h3,5,8-9,12H,2,4,6-7H2,1H3,(H,11,13)/b5-3+. The number of ether oxygens (including phenoxy) is 1. The van der Waals surface area contributed by atoms with Crippen molar-refractivity contribution in [2.24, 2.45) is 0 Å². The maximum absolute atomic E-state index is 10.9. The molecule has 14 heavy (non-hydrogen) atoms. The monoisotopic (exact) mass is 199 g/mol. The van der Waals surface area contributed by atoms with E-state index in [1.807, 2.05) is 12.2 Å². The molecule has 0 saturated heterocycles. The van der Waals surface area contributed by atoms with Crippen LogP contribution in [0.1, 0.15) is 25.7 Å². The molecule has 80 valence electrons. The summed E-state index contributed by atoms with van der Waals surface area (Å²) in [6.07, 6.45) is 5.96. The Bertz CT molecular complexity index is 215. The molecule has 1 aliphatic rings. The molecule has 0 spiro atoms. The lowest BCUT2D eigenvalue weighted by atomic mass is 10.0. The lowest BCUT2D eigenvalue weighted by molar-refractivity contribution is 0.0936. The Labute approximate surface area is 83.9 Å². The molecule has 1 aliphatic carbocycles. The summed E-state index contributed by atoms with van der Waals surface area (Å²) in [5.74, 6) is 0. The van der Waals surface area contributed by atoms with Gasteiger partial charge in [-0.05, 0) is 31.8 Å². The van der Waals surface area contributed by atoms with Crippen LogP contribution in [-0.4, -0.2) is 30.5 Å². The van der Waals surface area contributed by atoms with Crippen molar-refractivity contribution in [3.63, 3.8) is 0 Å². The number of carbonyl (C=O) groups is 1. The van der Waals surface area contributed by atoms with E-state index >= 15 is 0 Å². The first-order valence-electron chi connectivity index (χ1n) is 4.95. The fraction of sp³-hybridized carbons (Fsp3) is 0.700. The number of alkyl carbamates (subject to hydrolysis) is 1. The van der Waals surface area contributed by atoms with E-state index < -0.39 is 6.09 Å². The van der Waals surface area contributed by atoms with Gasteiger partial charge >= 0.3 is 6.09 Å². The highest BCUT2D eigenvalue weighted by Gasteiger charge is 2.14. The minimum Gasteiger partial charge on any atom is -0.442 e. The number of carbonyl (C=O) groups excluding carboxylic acids is 1. The van der Waals surface area contributed by atoms with Crippen LogP contribution in [0.25, 0.3) is 0 Å². The number of hydrogen-bond donors (Lipinski definition) is 2. The predicted molar refractivity (Wildman–Crippen MR) is 52.9 cm³/mol. The fourth-order valence-electron chi connectivity index (χ4n) is 1.43. The minimum atomic E-state index is -0.422. The van der Waals surface area contributed by atoms with Crippen LogP contribution in [0.15, 0.2) is 12.2 Å². The maximum Gasteiger partial charge on any atom is 0.407 e. The first-order valence-corrected chi connectivity index (χ1v) is 4.95. The van der Waals surface area contributed by atoms with Crippen molar-refractivity contribution in [3.05, 3.63) is 12.2 Å². The van der Waals surface area contributed by atoms with E-state index in [4.69, 9.17) is 4.74 Å². The molecule has 0 aliphatic heterocycles. The summed E-state index contributed by atoms with van der Waals surface area (Å²) >= 11 is 0. The molecule has 2 N–H and O–H groups in total. The van der Waals surface area contributed by atoms with Gasteiger partial charge in [0.25, 0.3) is 0 Å². The lowest BCUT2D eigenvalue weighted by Gasteiger charge is -2.18. The molecule has 4 heteroatoms. The summed E-state index contributed by atoms with van der Waals surface area (Å²) in [6, 6.07) is 0. The van der Waals surface area contributed by atoms with E-state index in [2.05, 4.69) is 5.32 Å². The SMILES string of the molecule is CNC(=O)OC1/C=C/CCC(O)CC1. The van der Waals surface area contributed by atoms with Gasteiger partial charge in [0.05, 0.1) is 6.10 Å². The Morgan fingerprint density at radius 2 is 2.29 bits per heavy atom. The van der Waals surface area contributed by atoms with E-state index in [0.717, 1.165) is 12.8 Å². The van der Waals surface area contributed by atoms with Crippen LogP contribution in [0, 0.1) is 0 Å². The predicted octanol–water partition coefficient (Wildman–Crippen LogP) is 1.20. The molecule has 0 heterocycles. The van der Waals surface area contributed by atoms with Crippen molar-refractivity contribution >= 4 is 6.09 Å². The van der Waals surface area contributed by atoms with Gasteiger partial charge in [-0.1, -0.05) is 6.08 Å². The van der Waals surface area contributed by atoms with Crippen molar-refractivity contribution in [1.82, 2.24) is 5.32 Å². The molecule has 0 saturated carbocycles. The molecule has 0 bridgehead atoms. The highest BCUT2D eigenvalue weighted by molar-refractivity contribution is 5.67. The number of hydrogen-bond acceptors (Lipinski definition) is 3. The fourth-order valence-corrected chi connectivity index (χ4v) is 1.43. The first kappa shape index (κ1) is 11.0. The van der Waals surface area contributed by atoms with Crippen LogP contribution in [0.3, 0.4) is 0 Å². The second kappa shape index (κ2) is 5.65. The van der Waals surface area contributed by atoms with Crippen molar-refractivity contribution in [3.8, 4) is 0 Å². The molecule has 0 aromatic heterocycles. The van der Waals surface area contributed by atoms with Gasteiger partial charge in [-0.2, -0.15) is 0 Å². The van der Waals surface area contributed by atoms with Gasteiger partial charge in [0.2, 0.25) is 0 Å². The van der Waals surface area contributed by atoms with Crippen molar-refractivity contribution in [2.45, 2.75) is 37.9 Å². The van der Waals surface area contributed by atoms with Crippen LogP contribution in [0.2, 0.25) is 0 Å². The van der Waals surface area contributed by atoms with E-state index in [0.29, 0.717) is 12.8 Å². The molecule has 0 aromatic carbocycles. The average molecular weight is 199 g/mol. The molecule has 0 radical (unpaired) electrons. The van der Waals surface area contributed by atoms with Gasteiger partial charge in [-0.3, -0.25) is 0 Å². The van der Waals surface area contributed by atoms with Crippen LogP contribution in [0.5, 0.6) is 0 Å². The zero-order chi connectivity index (χ0) is 10.4. The first-order chi connectivity index (χ1) is 6.72. The number of aliphatic hydroxyl groups excluding tert-OH is 1. The Kier molecular flexibility index (Phi) is 4.46. The van der Waals surface area contributed by atoms with Gasteiger partial charge in [-0.15, -0.1) is 0 Å². The smallest absolute Gasteiger partial charge is 0.407 e. The Hall–Kier alpha value is -1.03. The van der Waals surface area contributed by atoms with Crippen LogP contribution < -0.4 is 5.32 Å². The molecule has 1 rings (SSSR count). The molecule has 4 nitrogen and oxygen atoms in total. The van der Waals surface area contributed by atoms with E-state index in [9.17, 15) is 9.90 Å². The van der Waals surface area contributed by atoms with Gasteiger partial charge in [0.15, 0.2) is 0 Å². The topological polar surface area (TPSA) is 58.6 Å². The Morgan fingerprint density at radius 3 is 3.00 bits per heavy atom. The third kappa shape index (κ3) is 3.79. The molecule has 0 aromatic rings. The molecule has 1 amide bonds. The normalized spacial score (nSPS) is 29.9. The van der Waals surface area contributed by atoms with Crippen LogP contribution in [0.4, 0.5) is 4.79 Å². The quantitative estimate of drug-likeness (QED) is 0.624. The summed E-state index contributed by atoms with van der Waals surface area (Å²) in [4.78, 5) is 10.9. The highest BCUT2D eigenvalue weighted by Crippen LogP contribution is 2.14. The lowest BCUT2D eigenvalue weighted by Crippen LogP contribution is -2.26. The third-order valence-electron chi connectivity index (χ3n) is 2.26. The average Bonchev–Trinajstić information content (AvgIpc) is 2.16. The number of allylic oxidation sites excluding steroid dienone is 1. The summed E-state index contributed by atoms with van der Waals surface area (Å²) in [7, 11) is 1.53. The highest BCUT2D eigenvalue weighted by atomic mass is 16.6. The number of rotatable bonds is 1. The summed E-state index contributed by atoms with van der Waals surface area (Å²) in [5, 5.41) is 11.8. The number of nitrogens with one attached hydrogen (secondary N) is 1. The molecule has 0 fully saturated rings. The second-order valence-corrected chi connectivity index (χ2v) is 3.43. The van der Waals surface area contributed by atoms with Gasteiger partial charge in [0.1, 0.15) is 6.10 Å². The van der Waals surface area contributed by atoms with Crippen LogP contribution >= 0.6 is 0 Å². The van der Waals surface area contributed by atoms with Gasteiger partial charge in [-0.25, -0.2) is 4.79 Å². The minimum absolute atomic E-state index is 0.204. The van der Waals surface area contributed by atoms with Gasteiger partial charge in [0, 0.05) is 7.05 Å². The van der Waals surface area contributed by atoms with E-state index in [1.165, 1.54) is 7.05 Å².